The monoisotopic (exact) mass is 276 g/mol. The van der Waals surface area contributed by atoms with Crippen LogP contribution in [0.15, 0.2) is 42.5 Å². The maximum absolute atomic E-state index is 6.00. The highest BCUT2D eigenvalue weighted by atomic mass is 16.5. The van der Waals surface area contributed by atoms with Gasteiger partial charge in [-0.2, -0.15) is 0 Å². The van der Waals surface area contributed by atoms with Crippen LogP contribution in [0.25, 0.3) is 0 Å². The van der Waals surface area contributed by atoms with Gasteiger partial charge in [0.2, 0.25) is 0 Å². The standard InChI is InChI=1S/C20H20O/c1-2-3-4-5-6-10-16-12-9-14-20-18(16)15-17-11-7-8-13-19(17)21-20/h7-9,11-14H,2-5,15H2,1H3. The molecule has 2 aromatic rings. The topological polar surface area (TPSA) is 9.23 Å². The smallest absolute Gasteiger partial charge is 0.132 e. The lowest BCUT2D eigenvalue weighted by atomic mass is 9.96. The van der Waals surface area contributed by atoms with E-state index in [0.717, 1.165) is 29.9 Å². The Morgan fingerprint density at radius 2 is 1.86 bits per heavy atom. The van der Waals surface area contributed by atoms with E-state index < -0.39 is 0 Å². The minimum Gasteiger partial charge on any atom is -0.457 e. The van der Waals surface area contributed by atoms with Gasteiger partial charge in [0, 0.05) is 24.0 Å². The summed E-state index contributed by atoms with van der Waals surface area (Å²) in [4.78, 5) is 0. The molecule has 1 aliphatic heterocycles. The maximum Gasteiger partial charge on any atom is 0.132 e. The first-order valence-corrected chi connectivity index (χ1v) is 7.75. The molecule has 0 saturated heterocycles. The highest BCUT2D eigenvalue weighted by Crippen LogP contribution is 2.37. The molecule has 1 aliphatic rings. The van der Waals surface area contributed by atoms with Crippen LogP contribution in [0, 0.1) is 11.8 Å². The summed E-state index contributed by atoms with van der Waals surface area (Å²) in [6.07, 6.45) is 5.59. The van der Waals surface area contributed by atoms with Gasteiger partial charge in [0.05, 0.1) is 0 Å². The fourth-order valence-corrected chi connectivity index (χ4v) is 2.64. The minimum atomic E-state index is 0.908. The first kappa shape index (κ1) is 13.8. The Hall–Kier alpha value is -2.20. The van der Waals surface area contributed by atoms with Crippen molar-refractivity contribution in [3.8, 4) is 23.3 Å². The third-order valence-electron chi connectivity index (χ3n) is 3.82. The largest absolute Gasteiger partial charge is 0.457 e. The van der Waals surface area contributed by atoms with Crippen LogP contribution in [-0.2, 0) is 6.42 Å². The lowest BCUT2D eigenvalue weighted by Crippen LogP contribution is -2.04. The fourth-order valence-electron chi connectivity index (χ4n) is 2.64. The second-order valence-corrected chi connectivity index (χ2v) is 5.43. The maximum atomic E-state index is 6.00. The van der Waals surface area contributed by atoms with Crippen molar-refractivity contribution in [1.29, 1.82) is 0 Å². The van der Waals surface area contributed by atoms with Crippen LogP contribution >= 0.6 is 0 Å². The molecule has 0 spiro atoms. The van der Waals surface area contributed by atoms with Crippen LogP contribution in [0.4, 0.5) is 0 Å². The van der Waals surface area contributed by atoms with Crippen molar-refractivity contribution in [2.24, 2.45) is 0 Å². The van der Waals surface area contributed by atoms with Gasteiger partial charge in [-0.05, 0) is 30.2 Å². The summed E-state index contributed by atoms with van der Waals surface area (Å²) in [5.41, 5.74) is 3.57. The fraction of sp³-hybridized carbons (Fsp3) is 0.300. The van der Waals surface area contributed by atoms with Crippen LogP contribution in [-0.4, -0.2) is 0 Å². The van der Waals surface area contributed by atoms with Crippen molar-refractivity contribution < 1.29 is 4.74 Å². The van der Waals surface area contributed by atoms with E-state index in [1.165, 1.54) is 30.4 Å². The summed E-state index contributed by atoms with van der Waals surface area (Å²) in [6.45, 7) is 2.22. The van der Waals surface area contributed by atoms with E-state index in [1.807, 2.05) is 24.3 Å². The molecule has 0 saturated carbocycles. The highest BCUT2D eigenvalue weighted by Gasteiger charge is 2.18. The van der Waals surface area contributed by atoms with Crippen molar-refractivity contribution in [3.05, 3.63) is 59.2 Å². The Bertz CT molecular complexity index is 688. The summed E-state index contributed by atoms with van der Waals surface area (Å²) >= 11 is 0. The van der Waals surface area contributed by atoms with Crippen molar-refractivity contribution in [2.45, 2.75) is 39.0 Å². The van der Waals surface area contributed by atoms with Gasteiger partial charge in [0.1, 0.15) is 11.5 Å². The van der Waals surface area contributed by atoms with Gasteiger partial charge in [0.25, 0.3) is 0 Å². The Balaban J connectivity index is 1.83. The molecule has 0 atom stereocenters. The van der Waals surface area contributed by atoms with Gasteiger partial charge < -0.3 is 4.74 Å². The van der Waals surface area contributed by atoms with Crippen LogP contribution < -0.4 is 4.74 Å². The molecule has 1 heteroatoms. The quantitative estimate of drug-likeness (QED) is 0.465. The average Bonchev–Trinajstić information content (AvgIpc) is 2.53. The third kappa shape index (κ3) is 3.11. The van der Waals surface area contributed by atoms with E-state index in [-0.39, 0.29) is 0 Å². The highest BCUT2D eigenvalue weighted by molar-refractivity contribution is 5.56. The van der Waals surface area contributed by atoms with Gasteiger partial charge in [0.15, 0.2) is 0 Å². The molecule has 0 aromatic heterocycles. The molecule has 0 aliphatic carbocycles. The zero-order valence-electron chi connectivity index (χ0n) is 12.5. The van der Waals surface area contributed by atoms with Gasteiger partial charge in [-0.25, -0.2) is 0 Å². The Morgan fingerprint density at radius 1 is 1.00 bits per heavy atom. The predicted octanol–water partition coefficient (Wildman–Crippen LogP) is 5.31. The van der Waals surface area contributed by atoms with E-state index in [9.17, 15) is 0 Å². The lowest BCUT2D eigenvalue weighted by molar-refractivity contribution is 0.460. The number of para-hydroxylation sites is 1. The molecule has 1 heterocycles. The van der Waals surface area contributed by atoms with Crippen molar-refractivity contribution in [1.82, 2.24) is 0 Å². The summed E-state index contributed by atoms with van der Waals surface area (Å²) in [7, 11) is 0. The molecule has 1 nitrogen and oxygen atoms in total. The summed E-state index contributed by atoms with van der Waals surface area (Å²) in [6, 6.07) is 14.4. The molecule has 21 heavy (non-hydrogen) atoms. The van der Waals surface area contributed by atoms with Crippen LogP contribution in [0.1, 0.15) is 49.3 Å². The summed E-state index contributed by atoms with van der Waals surface area (Å²) in [5, 5.41) is 0. The van der Waals surface area contributed by atoms with Crippen molar-refractivity contribution >= 4 is 0 Å². The van der Waals surface area contributed by atoms with Gasteiger partial charge >= 0.3 is 0 Å². The van der Waals surface area contributed by atoms with E-state index in [1.54, 1.807) is 0 Å². The molecule has 0 unspecified atom stereocenters. The van der Waals surface area contributed by atoms with Gasteiger partial charge in [-0.15, -0.1) is 0 Å². The lowest BCUT2D eigenvalue weighted by Gasteiger charge is -2.21. The van der Waals surface area contributed by atoms with Crippen molar-refractivity contribution in [2.75, 3.05) is 0 Å². The number of ether oxygens (including phenoxy) is 1. The number of fused-ring (bicyclic) bond motifs is 2. The third-order valence-corrected chi connectivity index (χ3v) is 3.82. The van der Waals surface area contributed by atoms with E-state index in [4.69, 9.17) is 4.74 Å². The predicted molar refractivity (Wildman–Crippen MR) is 86.8 cm³/mol. The normalized spacial score (nSPS) is 11.7. The number of rotatable bonds is 3. The van der Waals surface area contributed by atoms with E-state index >= 15 is 0 Å². The summed E-state index contributed by atoms with van der Waals surface area (Å²) in [5.74, 6) is 8.56. The molecular formula is C20H20O. The van der Waals surface area contributed by atoms with Crippen LogP contribution in [0.3, 0.4) is 0 Å². The molecule has 0 amide bonds. The van der Waals surface area contributed by atoms with E-state index in [0.29, 0.717) is 0 Å². The molecule has 0 fully saturated rings. The summed E-state index contributed by atoms with van der Waals surface area (Å²) < 4.78 is 6.00. The molecule has 3 rings (SSSR count). The number of benzene rings is 2. The molecule has 2 aromatic carbocycles. The molecule has 0 bridgehead atoms. The Kier molecular flexibility index (Phi) is 4.26. The minimum absolute atomic E-state index is 0.908. The first-order chi connectivity index (χ1) is 10.4. The molecular weight excluding hydrogens is 256 g/mol. The Morgan fingerprint density at radius 3 is 2.76 bits per heavy atom. The first-order valence-electron chi connectivity index (χ1n) is 7.75. The molecule has 106 valence electrons. The SMILES string of the molecule is CCCCCC#Cc1cccc2c1Cc1ccccc1O2. The van der Waals surface area contributed by atoms with Crippen LogP contribution in [0.2, 0.25) is 0 Å². The van der Waals surface area contributed by atoms with Gasteiger partial charge in [-0.3, -0.25) is 0 Å². The number of hydrogen-bond donors (Lipinski definition) is 0. The second-order valence-electron chi connectivity index (χ2n) is 5.43. The average molecular weight is 276 g/mol. The van der Waals surface area contributed by atoms with Crippen LogP contribution in [0.5, 0.6) is 11.5 Å². The Labute approximate surface area is 127 Å². The second kappa shape index (κ2) is 6.50. The van der Waals surface area contributed by atoms with E-state index in [2.05, 4.69) is 37.0 Å². The van der Waals surface area contributed by atoms with Gasteiger partial charge in [-0.1, -0.05) is 55.9 Å². The zero-order valence-corrected chi connectivity index (χ0v) is 12.5. The van der Waals surface area contributed by atoms with Crippen molar-refractivity contribution in [3.63, 3.8) is 0 Å². The zero-order chi connectivity index (χ0) is 14.5. The number of hydrogen-bond acceptors (Lipinski definition) is 1. The molecule has 0 N–H and O–H groups in total. The molecule has 0 radical (unpaired) electrons. The number of unbranched alkanes of at least 4 members (excludes halogenated alkanes) is 3.